The molecule has 1 unspecified atom stereocenters. The van der Waals surface area contributed by atoms with Crippen LogP contribution in [0.1, 0.15) is 24.4 Å². The Bertz CT molecular complexity index is 1440. The van der Waals surface area contributed by atoms with Gasteiger partial charge in [-0.15, -0.1) is 28.1 Å². The Morgan fingerprint density at radius 2 is 2.03 bits per heavy atom. The number of thiazole rings is 1. The maximum atomic E-state index is 12.6. The Balaban J connectivity index is 1.40. The minimum Gasteiger partial charge on any atom is -0.483 e. The van der Waals surface area contributed by atoms with E-state index in [0.29, 0.717) is 49.2 Å². The number of thioether (sulfide) groups is 1. The van der Waals surface area contributed by atoms with Crippen LogP contribution in [0.5, 0.6) is 5.75 Å². The third-order valence-corrected chi connectivity index (χ3v) is 7.85. The number of anilines is 1. The van der Waals surface area contributed by atoms with Crippen molar-refractivity contribution in [3.63, 3.8) is 0 Å². The molecule has 0 spiro atoms. The SMILES string of the molecule is C=CCn1c(SCC(=O)Nc2nc(-c3ccc(Cl)cc3Cl)cs2)nnc1C(C)Oc1ccc(Cl)c(C)c1. The molecule has 0 saturated carbocycles. The number of aryl methyl sites for hydroxylation is 1. The molecule has 2 aromatic carbocycles. The molecule has 2 heterocycles. The summed E-state index contributed by atoms with van der Waals surface area (Å²) in [6.07, 6.45) is 1.36. The molecule has 0 radical (unpaired) electrons. The van der Waals surface area contributed by atoms with Gasteiger partial charge in [0, 0.05) is 27.5 Å². The van der Waals surface area contributed by atoms with E-state index >= 15 is 0 Å². The second-order valence-electron chi connectivity index (χ2n) is 7.91. The van der Waals surface area contributed by atoms with Crippen LogP contribution in [0.2, 0.25) is 15.1 Å². The van der Waals surface area contributed by atoms with Gasteiger partial charge < -0.3 is 10.1 Å². The highest BCUT2D eigenvalue weighted by atomic mass is 35.5. The van der Waals surface area contributed by atoms with Gasteiger partial charge in [-0.25, -0.2) is 4.98 Å². The fourth-order valence-corrected chi connectivity index (χ4v) is 5.50. The number of nitrogens with one attached hydrogen (secondary N) is 1. The second kappa shape index (κ2) is 12.3. The molecular formula is C25H22Cl3N5O2S2. The molecule has 0 fully saturated rings. The van der Waals surface area contributed by atoms with Crippen LogP contribution in [0.3, 0.4) is 0 Å². The van der Waals surface area contributed by atoms with Gasteiger partial charge in [0.25, 0.3) is 0 Å². The molecule has 1 amide bonds. The molecule has 4 aromatic rings. The van der Waals surface area contributed by atoms with E-state index in [0.717, 1.165) is 11.1 Å². The van der Waals surface area contributed by atoms with E-state index < -0.39 is 0 Å². The smallest absolute Gasteiger partial charge is 0.236 e. The Morgan fingerprint density at radius 1 is 1.22 bits per heavy atom. The topological polar surface area (TPSA) is 81.9 Å². The lowest BCUT2D eigenvalue weighted by atomic mass is 10.2. The third-order valence-electron chi connectivity index (χ3n) is 5.15. The highest BCUT2D eigenvalue weighted by Gasteiger charge is 2.20. The van der Waals surface area contributed by atoms with Crippen molar-refractivity contribution in [2.24, 2.45) is 0 Å². The quantitative estimate of drug-likeness (QED) is 0.149. The molecule has 37 heavy (non-hydrogen) atoms. The van der Waals surface area contributed by atoms with Crippen LogP contribution in [0.15, 0.2) is 59.6 Å². The zero-order valence-corrected chi connectivity index (χ0v) is 23.8. The minimum atomic E-state index is -0.385. The van der Waals surface area contributed by atoms with Crippen molar-refractivity contribution in [1.29, 1.82) is 0 Å². The molecule has 192 valence electrons. The number of carbonyl (C=O) groups is 1. The molecule has 1 N–H and O–H groups in total. The van der Waals surface area contributed by atoms with E-state index in [1.165, 1.54) is 23.1 Å². The normalized spacial score (nSPS) is 11.8. The summed E-state index contributed by atoms with van der Waals surface area (Å²) >= 11 is 20.9. The number of benzene rings is 2. The first-order chi connectivity index (χ1) is 17.7. The predicted molar refractivity (Wildman–Crippen MR) is 152 cm³/mol. The van der Waals surface area contributed by atoms with Crippen LogP contribution in [0.25, 0.3) is 11.3 Å². The lowest BCUT2D eigenvalue weighted by molar-refractivity contribution is -0.113. The number of ether oxygens (including phenoxy) is 1. The number of amides is 1. The Hall–Kier alpha value is -2.56. The van der Waals surface area contributed by atoms with Crippen molar-refractivity contribution in [1.82, 2.24) is 19.7 Å². The number of aromatic nitrogens is 4. The summed E-state index contributed by atoms with van der Waals surface area (Å²) in [5, 5.41) is 16.0. The van der Waals surface area contributed by atoms with Gasteiger partial charge >= 0.3 is 0 Å². The number of allylic oxidation sites excluding steroid dienone is 1. The molecule has 2 aromatic heterocycles. The standard InChI is InChI=1S/C25H22Cl3N5O2S2/c1-4-9-33-23(15(3)35-17-6-8-19(27)14(2)10-17)31-32-25(33)37-13-22(34)30-24-29-21(12-36-24)18-7-5-16(26)11-20(18)28/h4-8,10-12,15H,1,9,13H2,2-3H3,(H,29,30,34). The molecule has 12 heteroatoms. The van der Waals surface area contributed by atoms with Crippen molar-refractivity contribution >= 4 is 68.9 Å². The van der Waals surface area contributed by atoms with Crippen LogP contribution in [0.4, 0.5) is 5.13 Å². The number of rotatable bonds is 10. The Kier molecular flexibility index (Phi) is 9.15. The third kappa shape index (κ3) is 6.86. The van der Waals surface area contributed by atoms with Crippen molar-refractivity contribution in [3.05, 3.63) is 80.9 Å². The molecule has 0 aliphatic carbocycles. The van der Waals surface area contributed by atoms with Gasteiger partial charge in [0.2, 0.25) is 5.91 Å². The number of hydrogen-bond donors (Lipinski definition) is 1. The van der Waals surface area contributed by atoms with Crippen LogP contribution >= 0.6 is 57.9 Å². The largest absolute Gasteiger partial charge is 0.483 e. The number of hydrogen-bond acceptors (Lipinski definition) is 7. The Labute approximate surface area is 237 Å². The maximum Gasteiger partial charge on any atom is 0.236 e. The first-order valence-corrected chi connectivity index (χ1v) is 14.1. The van der Waals surface area contributed by atoms with Gasteiger partial charge in [-0.05, 0) is 55.8 Å². The number of nitrogens with zero attached hydrogens (tertiary/aromatic N) is 4. The molecule has 0 saturated heterocycles. The van der Waals surface area contributed by atoms with E-state index in [4.69, 9.17) is 39.5 Å². The minimum absolute atomic E-state index is 0.123. The predicted octanol–water partition coefficient (Wildman–Crippen LogP) is 7.73. The first-order valence-electron chi connectivity index (χ1n) is 11.1. The molecule has 0 bridgehead atoms. The molecule has 0 aliphatic rings. The van der Waals surface area contributed by atoms with Crippen LogP contribution in [0, 0.1) is 6.92 Å². The number of carbonyl (C=O) groups excluding carboxylic acids is 1. The van der Waals surface area contributed by atoms with Crippen LogP contribution in [-0.4, -0.2) is 31.4 Å². The average Bonchev–Trinajstić information content (AvgIpc) is 3.47. The lowest BCUT2D eigenvalue weighted by Crippen LogP contribution is -2.15. The van der Waals surface area contributed by atoms with E-state index in [9.17, 15) is 4.79 Å². The molecular weight excluding hydrogens is 573 g/mol. The monoisotopic (exact) mass is 593 g/mol. The summed E-state index contributed by atoms with van der Waals surface area (Å²) in [7, 11) is 0. The molecule has 0 aliphatic heterocycles. The van der Waals surface area contributed by atoms with E-state index in [1.54, 1.807) is 30.3 Å². The summed E-state index contributed by atoms with van der Waals surface area (Å²) in [6, 6.07) is 10.7. The molecule has 7 nitrogen and oxygen atoms in total. The van der Waals surface area contributed by atoms with Crippen molar-refractivity contribution in [3.8, 4) is 17.0 Å². The average molecular weight is 595 g/mol. The zero-order valence-electron chi connectivity index (χ0n) is 19.9. The maximum absolute atomic E-state index is 12.6. The summed E-state index contributed by atoms with van der Waals surface area (Å²) < 4.78 is 7.94. The molecule has 1 atom stereocenters. The summed E-state index contributed by atoms with van der Waals surface area (Å²) in [4.78, 5) is 17.1. The Morgan fingerprint density at radius 3 is 2.76 bits per heavy atom. The number of halogens is 3. The molecule has 4 rings (SSSR count). The van der Waals surface area contributed by atoms with Gasteiger partial charge in [0.05, 0.1) is 16.5 Å². The van der Waals surface area contributed by atoms with Gasteiger partial charge in [0.1, 0.15) is 5.75 Å². The van der Waals surface area contributed by atoms with E-state index in [-0.39, 0.29) is 17.8 Å². The summed E-state index contributed by atoms with van der Waals surface area (Å²) in [5.74, 6) is 1.21. The van der Waals surface area contributed by atoms with Crippen LogP contribution in [-0.2, 0) is 11.3 Å². The lowest BCUT2D eigenvalue weighted by Gasteiger charge is -2.16. The first kappa shape index (κ1) is 27.5. The highest BCUT2D eigenvalue weighted by molar-refractivity contribution is 7.99. The highest BCUT2D eigenvalue weighted by Crippen LogP contribution is 2.33. The van der Waals surface area contributed by atoms with Crippen molar-refractivity contribution in [2.45, 2.75) is 31.7 Å². The van der Waals surface area contributed by atoms with Gasteiger partial charge in [-0.3, -0.25) is 9.36 Å². The fraction of sp³-hybridized carbons (Fsp3) is 0.200. The van der Waals surface area contributed by atoms with Crippen LogP contribution < -0.4 is 10.1 Å². The summed E-state index contributed by atoms with van der Waals surface area (Å²) in [6.45, 7) is 8.10. The second-order valence-corrected chi connectivity index (χ2v) is 11.0. The van der Waals surface area contributed by atoms with E-state index in [1.807, 2.05) is 35.9 Å². The van der Waals surface area contributed by atoms with Gasteiger partial charge in [-0.2, -0.15) is 0 Å². The van der Waals surface area contributed by atoms with Gasteiger partial charge in [0.15, 0.2) is 22.2 Å². The van der Waals surface area contributed by atoms with E-state index in [2.05, 4.69) is 27.1 Å². The summed E-state index contributed by atoms with van der Waals surface area (Å²) in [5.41, 5.74) is 2.33. The fourth-order valence-electron chi connectivity index (χ4n) is 3.39. The van der Waals surface area contributed by atoms with Gasteiger partial charge in [-0.1, -0.05) is 52.6 Å². The van der Waals surface area contributed by atoms with Crippen molar-refractivity contribution in [2.75, 3.05) is 11.1 Å². The zero-order chi connectivity index (χ0) is 26.5. The van der Waals surface area contributed by atoms with Crippen molar-refractivity contribution < 1.29 is 9.53 Å².